The summed E-state index contributed by atoms with van der Waals surface area (Å²) in [6, 6.07) is 40.0. The third kappa shape index (κ3) is 7.16. The van der Waals surface area contributed by atoms with Gasteiger partial charge in [0, 0.05) is 36.2 Å². The number of fused-ring (bicyclic) bond motifs is 4. The molecule has 0 unspecified atom stereocenters. The number of rotatable bonds is 13. The van der Waals surface area contributed by atoms with Crippen molar-refractivity contribution in [2.24, 2.45) is 5.41 Å². The van der Waals surface area contributed by atoms with Crippen molar-refractivity contribution in [1.29, 1.82) is 0 Å². The Balaban J connectivity index is 1.05. The highest BCUT2D eigenvalue weighted by Gasteiger charge is 2.76. The molecule has 3 aliphatic heterocycles. The van der Waals surface area contributed by atoms with Crippen LogP contribution in [0.25, 0.3) is 6.08 Å². The number of phenols is 1. The maximum Gasteiger partial charge on any atom is 0.327 e. The molecule has 3 heterocycles. The molecule has 4 aliphatic rings. The molecule has 5 aromatic rings. The molecule has 0 radical (unpaired) electrons. The Hall–Kier alpha value is -6.15. The van der Waals surface area contributed by atoms with Crippen LogP contribution in [0.1, 0.15) is 50.2 Å². The van der Waals surface area contributed by atoms with Crippen LogP contribution in [0.5, 0.6) is 5.75 Å². The van der Waals surface area contributed by atoms with E-state index in [1.54, 1.807) is 41.5 Å². The minimum atomic E-state index is -1.45. The first-order chi connectivity index (χ1) is 29.3. The van der Waals surface area contributed by atoms with Crippen molar-refractivity contribution < 1.29 is 43.6 Å². The number of nitrogens with one attached hydrogen (secondary N) is 2. The monoisotopic (exact) mass is 807 g/mol. The van der Waals surface area contributed by atoms with Gasteiger partial charge in [-0.25, -0.2) is 0 Å². The number of aromatic hydroxyl groups is 1. The van der Waals surface area contributed by atoms with E-state index in [-0.39, 0.29) is 44.3 Å². The molecule has 4 fully saturated rings. The Morgan fingerprint density at radius 2 is 1.50 bits per heavy atom. The predicted molar refractivity (Wildman–Crippen MR) is 220 cm³/mol. The number of aliphatic hydroxyl groups excluding tert-OH is 1. The van der Waals surface area contributed by atoms with E-state index in [1.165, 1.54) is 0 Å². The van der Waals surface area contributed by atoms with Crippen molar-refractivity contribution in [2.45, 2.75) is 62.2 Å². The number of hydrogen-bond donors (Lipinski definition) is 4. The Morgan fingerprint density at radius 3 is 2.25 bits per heavy atom. The van der Waals surface area contributed by atoms with Crippen LogP contribution in [-0.4, -0.2) is 76.7 Å². The van der Waals surface area contributed by atoms with Gasteiger partial charge in [-0.2, -0.15) is 5.06 Å². The van der Waals surface area contributed by atoms with Gasteiger partial charge in [-0.05, 0) is 46.9 Å². The number of aliphatic hydroxyl groups is 1. The van der Waals surface area contributed by atoms with E-state index in [9.17, 15) is 19.8 Å². The number of hydroxylamine groups is 2. The van der Waals surface area contributed by atoms with Gasteiger partial charge in [0.2, 0.25) is 11.7 Å². The number of phenolic OH excluding ortho intramolecular Hbond substituents is 1. The predicted octanol–water partition coefficient (Wildman–Crippen LogP) is 5.17. The largest absolute Gasteiger partial charge is 0.508 e. The molecule has 5 aromatic carbocycles. The van der Waals surface area contributed by atoms with Crippen LogP contribution < -0.4 is 10.6 Å². The van der Waals surface area contributed by atoms with Gasteiger partial charge < -0.3 is 35.1 Å². The van der Waals surface area contributed by atoms with E-state index in [0.717, 1.165) is 27.8 Å². The van der Waals surface area contributed by atoms with Crippen LogP contribution in [0.3, 0.4) is 0 Å². The van der Waals surface area contributed by atoms with Gasteiger partial charge >= 0.3 is 5.97 Å². The summed E-state index contributed by atoms with van der Waals surface area (Å²) in [6.07, 6.45) is 1.23. The Labute approximate surface area is 347 Å². The van der Waals surface area contributed by atoms with E-state index in [0.29, 0.717) is 17.5 Å². The summed E-state index contributed by atoms with van der Waals surface area (Å²) in [5, 5.41) is 26.7. The van der Waals surface area contributed by atoms with Crippen molar-refractivity contribution in [3.05, 3.63) is 178 Å². The van der Waals surface area contributed by atoms with Gasteiger partial charge in [0.25, 0.3) is 5.91 Å². The molecular weight excluding hydrogens is 763 g/mol. The topological polar surface area (TPSA) is 156 Å². The summed E-state index contributed by atoms with van der Waals surface area (Å²) in [6.45, 7) is 0.151. The lowest BCUT2D eigenvalue weighted by molar-refractivity contribution is -0.213. The molecule has 4 N–H and O–H groups in total. The number of hydrogen-bond acceptors (Lipinski definition) is 10. The van der Waals surface area contributed by atoms with Crippen LogP contribution in [0.4, 0.5) is 0 Å². The van der Waals surface area contributed by atoms with Gasteiger partial charge in [-0.1, -0.05) is 127 Å². The summed E-state index contributed by atoms with van der Waals surface area (Å²) >= 11 is 0. The molecule has 306 valence electrons. The minimum Gasteiger partial charge on any atom is -0.508 e. The second-order valence-corrected chi connectivity index (χ2v) is 15.6. The average molecular weight is 808 g/mol. The summed E-state index contributed by atoms with van der Waals surface area (Å²) < 4.78 is 20.3. The van der Waals surface area contributed by atoms with Gasteiger partial charge in [0.15, 0.2) is 6.04 Å². The third-order valence-corrected chi connectivity index (χ3v) is 11.9. The third-order valence-electron chi connectivity index (χ3n) is 11.9. The zero-order valence-corrected chi connectivity index (χ0v) is 32.7. The summed E-state index contributed by atoms with van der Waals surface area (Å²) in [4.78, 5) is 49.0. The molecule has 60 heavy (non-hydrogen) atoms. The van der Waals surface area contributed by atoms with Gasteiger partial charge in [0.1, 0.15) is 35.6 Å². The lowest BCUT2D eigenvalue weighted by Crippen LogP contribution is -2.69. The average Bonchev–Trinajstić information content (AvgIpc) is 3.86. The molecular formula is C48H45N3O9. The SMILES string of the molecule is O=C(NCCO)c1cccc(CNC(=O)[C@@]23C[C@H]4OC(=O)[C@@H]2N(Cc2cccc(C=CCc5ccccc5O)c2)O[C@@H]3[C@H]2OC(c3ccccc3)(c3ccccc3)O[C@H]24)c1. The summed E-state index contributed by atoms with van der Waals surface area (Å²) in [7, 11) is 0. The lowest BCUT2D eigenvalue weighted by Gasteiger charge is -2.48. The quantitative estimate of drug-likeness (QED) is 0.117. The molecule has 0 spiro atoms. The number of carbonyl (C=O) groups is 3. The van der Waals surface area contributed by atoms with Crippen LogP contribution in [0.2, 0.25) is 0 Å². The van der Waals surface area contributed by atoms with Crippen molar-refractivity contribution >= 4 is 23.9 Å². The molecule has 3 saturated heterocycles. The summed E-state index contributed by atoms with van der Waals surface area (Å²) in [5.41, 5.74) is 3.65. The Kier molecular flexibility index (Phi) is 10.8. The number of nitrogens with zero attached hydrogens (tertiary/aromatic N) is 1. The number of benzene rings is 5. The fraction of sp³-hybridized carbons (Fsp3) is 0.271. The highest BCUT2D eigenvalue weighted by Crippen LogP contribution is 2.59. The van der Waals surface area contributed by atoms with Crippen molar-refractivity contribution in [3.8, 4) is 5.75 Å². The number of esters is 1. The molecule has 9 rings (SSSR count). The molecule has 2 amide bonds. The van der Waals surface area contributed by atoms with E-state index >= 15 is 4.79 Å². The second-order valence-electron chi connectivity index (χ2n) is 15.6. The highest BCUT2D eigenvalue weighted by molar-refractivity contribution is 5.95. The normalized spacial score (nSPS) is 25.1. The molecule has 2 bridgehead atoms. The molecule has 1 aliphatic carbocycles. The Morgan fingerprint density at radius 1 is 0.800 bits per heavy atom. The van der Waals surface area contributed by atoms with E-state index < -0.39 is 53.5 Å². The maximum absolute atomic E-state index is 15.0. The molecule has 1 saturated carbocycles. The van der Waals surface area contributed by atoms with E-state index in [4.69, 9.17) is 19.0 Å². The standard InChI is InChI=1S/C48H45N3O9/c52-25-24-49-44(54)35-18-11-14-32(27-35)29-50-46(56)47-28-39-40-41(59-48(58-40,36-19-3-1-4-20-36)37-21-5-2-6-22-37)43(47)60-51(42(47)45(55)57-39)30-33-15-9-12-31(26-33)13-10-17-34-16-7-8-23-38(34)53/h1-16,18-23,26-27,39-43,52-53H,17,24-25,28-30H2,(H,49,54)(H,50,56)/t39-,40+,41+,42+,43-,47+/m1/s1. The smallest absolute Gasteiger partial charge is 0.327 e. The Bertz CT molecular complexity index is 2370. The van der Waals surface area contributed by atoms with Crippen molar-refractivity contribution in [2.75, 3.05) is 13.2 Å². The number of allylic oxidation sites excluding steroid dienone is 1. The van der Waals surface area contributed by atoms with Gasteiger partial charge in [0.05, 0.1) is 13.2 Å². The number of amides is 2. The number of ether oxygens (including phenoxy) is 3. The van der Waals surface area contributed by atoms with E-state index in [2.05, 4.69) is 10.6 Å². The zero-order valence-electron chi connectivity index (χ0n) is 32.7. The molecule has 0 aromatic heterocycles. The zero-order chi connectivity index (χ0) is 41.3. The number of carbonyl (C=O) groups excluding carboxylic acids is 3. The van der Waals surface area contributed by atoms with Gasteiger partial charge in [-0.15, -0.1) is 0 Å². The van der Waals surface area contributed by atoms with Gasteiger partial charge in [-0.3, -0.25) is 19.2 Å². The number of para-hydroxylation sites is 1. The first kappa shape index (κ1) is 39.3. The summed E-state index contributed by atoms with van der Waals surface area (Å²) in [5.74, 6) is -2.49. The fourth-order valence-electron chi connectivity index (χ4n) is 9.11. The van der Waals surface area contributed by atoms with Crippen LogP contribution in [0.15, 0.2) is 140 Å². The molecule has 12 nitrogen and oxygen atoms in total. The van der Waals surface area contributed by atoms with Crippen molar-refractivity contribution in [1.82, 2.24) is 15.7 Å². The fourth-order valence-corrected chi connectivity index (χ4v) is 9.11. The molecule has 12 heteroatoms. The highest BCUT2D eigenvalue weighted by atomic mass is 16.8. The second kappa shape index (κ2) is 16.5. The first-order valence-corrected chi connectivity index (χ1v) is 20.2. The lowest BCUT2D eigenvalue weighted by atomic mass is 9.62. The van der Waals surface area contributed by atoms with Crippen LogP contribution in [-0.2, 0) is 53.9 Å². The van der Waals surface area contributed by atoms with Crippen LogP contribution >= 0.6 is 0 Å². The van der Waals surface area contributed by atoms with Crippen LogP contribution in [0, 0.1) is 5.41 Å². The molecule has 6 atom stereocenters. The van der Waals surface area contributed by atoms with E-state index in [1.807, 2.05) is 109 Å². The maximum atomic E-state index is 15.0. The minimum absolute atomic E-state index is 0.0689. The van der Waals surface area contributed by atoms with Crippen molar-refractivity contribution in [3.63, 3.8) is 0 Å². The first-order valence-electron chi connectivity index (χ1n) is 20.2.